The molecular formula is C13H25NO6. The molecule has 0 rings (SSSR count). The number of aliphatic carboxylic acids is 1. The van der Waals surface area contributed by atoms with Crippen molar-refractivity contribution >= 4 is 12.1 Å². The number of rotatable bonds is 8. The number of aliphatic hydroxyl groups excluding tert-OH is 1. The first-order valence-corrected chi connectivity index (χ1v) is 6.60. The van der Waals surface area contributed by atoms with Crippen LogP contribution in [-0.2, 0) is 14.3 Å². The third-order valence-corrected chi connectivity index (χ3v) is 2.33. The molecular weight excluding hydrogens is 266 g/mol. The van der Waals surface area contributed by atoms with Crippen LogP contribution in [0.3, 0.4) is 0 Å². The Morgan fingerprint density at radius 1 is 1.30 bits per heavy atom. The predicted molar refractivity (Wildman–Crippen MR) is 72.5 cm³/mol. The minimum absolute atomic E-state index is 0.0129. The van der Waals surface area contributed by atoms with Gasteiger partial charge in [-0.1, -0.05) is 0 Å². The van der Waals surface area contributed by atoms with Crippen LogP contribution in [0, 0.1) is 0 Å². The Balaban J connectivity index is 4.33. The minimum Gasteiger partial charge on any atom is -0.479 e. The molecule has 0 aromatic heterocycles. The zero-order valence-corrected chi connectivity index (χ0v) is 12.5. The molecule has 0 heterocycles. The Morgan fingerprint density at radius 2 is 1.90 bits per heavy atom. The van der Waals surface area contributed by atoms with Crippen LogP contribution in [0.15, 0.2) is 0 Å². The smallest absolute Gasteiger partial charge is 0.407 e. The van der Waals surface area contributed by atoms with E-state index in [1.54, 1.807) is 20.8 Å². The van der Waals surface area contributed by atoms with Crippen LogP contribution in [0.25, 0.3) is 0 Å². The molecule has 0 bridgehead atoms. The molecule has 0 spiro atoms. The Labute approximate surface area is 119 Å². The van der Waals surface area contributed by atoms with Crippen molar-refractivity contribution in [1.29, 1.82) is 0 Å². The molecule has 0 saturated carbocycles. The number of ether oxygens (including phenoxy) is 2. The molecule has 1 amide bonds. The van der Waals surface area contributed by atoms with Crippen LogP contribution in [-0.4, -0.2) is 53.2 Å². The van der Waals surface area contributed by atoms with E-state index in [1.165, 1.54) is 6.92 Å². The van der Waals surface area contributed by atoms with Gasteiger partial charge in [0.25, 0.3) is 0 Å². The van der Waals surface area contributed by atoms with E-state index in [0.717, 1.165) is 0 Å². The molecule has 0 fully saturated rings. The number of alkyl carbamates (subject to hydrolysis) is 1. The zero-order chi connectivity index (χ0) is 15.8. The Morgan fingerprint density at radius 3 is 2.35 bits per heavy atom. The van der Waals surface area contributed by atoms with Crippen molar-refractivity contribution in [3.63, 3.8) is 0 Å². The SMILES string of the molecule is C[C@@H](OC[C@H](CCCO)NC(=O)OC(C)(C)C)C(=O)O. The second kappa shape index (κ2) is 8.76. The van der Waals surface area contributed by atoms with E-state index in [-0.39, 0.29) is 13.2 Å². The largest absolute Gasteiger partial charge is 0.479 e. The fourth-order valence-electron chi connectivity index (χ4n) is 1.34. The molecule has 0 saturated heterocycles. The quantitative estimate of drug-likeness (QED) is 0.619. The van der Waals surface area contributed by atoms with Gasteiger partial charge in [-0.3, -0.25) is 0 Å². The first-order chi connectivity index (χ1) is 9.15. The Kier molecular flexibility index (Phi) is 8.17. The van der Waals surface area contributed by atoms with Gasteiger partial charge in [-0.05, 0) is 40.5 Å². The molecule has 3 N–H and O–H groups in total. The van der Waals surface area contributed by atoms with Crippen LogP contribution in [0.2, 0.25) is 0 Å². The lowest BCUT2D eigenvalue weighted by atomic mass is 10.1. The monoisotopic (exact) mass is 291 g/mol. The Bertz CT molecular complexity index is 312. The zero-order valence-electron chi connectivity index (χ0n) is 12.5. The fraction of sp³-hybridized carbons (Fsp3) is 0.846. The van der Waals surface area contributed by atoms with Gasteiger partial charge < -0.3 is 25.0 Å². The summed E-state index contributed by atoms with van der Waals surface area (Å²) in [6.45, 7) is 6.70. The highest BCUT2D eigenvalue weighted by Crippen LogP contribution is 2.08. The number of hydrogen-bond donors (Lipinski definition) is 3. The number of nitrogens with one attached hydrogen (secondary N) is 1. The van der Waals surface area contributed by atoms with Crippen LogP contribution in [0.1, 0.15) is 40.5 Å². The predicted octanol–water partition coefficient (Wildman–Crippen LogP) is 1.14. The maximum Gasteiger partial charge on any atom is 0.407 e. The van der Waals surface area contributed by atoms with Crippen molar-refractivity contribution in [3.8, 4) is 0 Å². The second-order valence-corrected chi connectivity index (χ2v) is 5.52. The molecule has 0 aromatic carbocycles. The van der Waals surface area contributed by atoms with E-state index in [4.69, 9.17) is 19.7 Å². The highest BCUT2D eigenvalue weighted by atomic mass is 16.6. The third kappa shape index (κ3) is 9.57. The van der Waals surface area contributed by atoms with Gasteiger partial charge in [-0.25, -0.2) is 9.59 Å². The summed E-state index contributed by atoms with van der Waals surface area (Å²) in [6.07, 6.45) is -0.591. The number of amides is 1. The van der Waals surface area contributed by atoms with Crippen molar-refractivity contribution in [2.75, 3.05) is 13.2 Å². The van der Waals surface area contributed by atoms with Gasteiger partial charge in [-0.15, -0.1) is 0 Å². The van der Waals surface area contributed by atoms with Gasteiger partial charge in [0, 0.05) is 6.61 Å². The average Bonchev–Trinajstić information content (AvgIpc) is 2.29. The van der Waals surface area contributed by atoms with Gasteiger partial charge in [0.1, 0.15) is 5.60 Å². The maximum absolute atomic E-state index is 11.6. The first kappa shape index (κ1) is 18.7. The highest BCUT2D eigenvalue weighted by molar-refractivity contribution is 5.71. The Hall–Kier alpha value is -1.34. The minimum atomic E-state index is -1.07. The molecule has 7 heteroatoms. The average molecular weight is 291 g/mol. The van der Waals surface area contributed by atoms with E-state index in [0.29, 0.717) is 12.8 Å². The van der Waals surface area contributed by atoms with Crippen LogP contribution in [0.4, 0.5) is 4.79 Å². The topological polar surface area (TPSA) is 105 Å². The van der Waals surface area contributed by atoms with Crippen molar-refractivity contribution < 1.29 is 29.3 Å². The normalized spacial score (nSPS) is 14.4. The number of carboxylic acids is 1. The van der Waals surface area contributed by atoms with Crippen LogP contribution < -0.4 is 5.32 Å². The van der Waals surface area contributed by atoms with Gasteiger partial charge in [0.15, 0.2) is 6.10 Å². The molecule has 0 aliphatic rings. The summed E-state index contributed by atoms with van der Waals surface area (Å²) in [7, 11) is 0. The molecule has 7 nitrogen and oxygen atoms in total. The summed E-state index contributed by atoms with van der Waals surface area (Å²) in [5.74, 6) is -1.07. The maximum atomic E-state index is 11.6. The van der Waals surface area contributed by atoms with Gasteiger partial charge in [0.2, 0.25) is 0 Å². The van der Waals surface area contributed by atoms with Crippen molar-refractivity contribution in [3.05, 3.63) is 0 Å². The van der Waals surface area contributed by atoms with E-state index in [2.05, 4.69) is 5.32 Å². The van der Waals surface area contributed by atoms with E-state index in [9.17, 15) is 9.59 Å². The number of carbonyl (C=O) groups excluding carboxylic acids is 1. The van der Waals surface area contributed by atoms with Gasteiger partial charge in [-0.2, -0.15) is 0 Å². The van der Waals surface area contributed by atoms with E-state index < -0.39 is 29.8 Å². The summed E-state index contributed by atoms with van der Waals surface area (Å²) < 4.78 is 10.3. The van der Waals surface area contributed by atoms with Crippen molar-refractivity contribution in [2.45, 2.75) is 58.3 Å². The number of carbonyl (C=O) groups is 2. The lowest BCUT2D eigenvalue weighted by molar-refractivity contribution is -0.149. The molecule has 0 aromatic rings. The summed E-state index contributed by atoms with van der Waals surface area (Å²) in [5, 5.41) is 20.2. The van der Waals surface area contributed by atoms with Gasteiger partial charge >= 0.3 is 12.1 Å². The fourth-order valence-corrected chi connectivity index (χ4v) is 1.34. The van der Waals surface area contributed by atoms with Crippen molar-refractivity contribution in [2.24, 2.45) is 0 Å². The number of aliphatic hydroxyl groups is 1. The highest BCUT2D eigenvalue weighted by Gasteiger charge is 2.21. The molecule has 0 aliphatic carbocycles. The lowest BCUT2D eigenvalue weighted by Crippen LogP contribution is -2.42. The summed E-state index contributed by atoms with van der Waals surface area (Å²) in [5.41, 5.74) is -0.610. The summed E-state index contributed by atoms with van der Waals surface area (Å²) in [6, 6.07) is -0.404. The third-order valence-electron chi connectivity index (χ3n) is 2.33. The van der Waals surface area contributed by atoms with Crippen molar-refractivity contribution in [1.82, 2.24) is 5.32 Å². The molecule has 2 atom stereocenters. The van der Waals surface area contributed by atoms with Crippen LogP contribution in [0.5, 0.6) is 0 Å². The molecule has 0 radical (unpaired) electrons. The second-order valence-electron chi connectivity index (χ2n) is 5.52. The molecule has 20 heavy (non-hydrogen) atoms. The molecule has 118 valence electrons. The summed E-state index contributed by atoms with van der Waals surface area (Å²) >= 11 is 0. The lowest BCUT2D eigenvalue weighted by Gasteiger charge is -2.24. The van der Waals surface area contributed by atoms with E-state index in [1.807, 2.05) is 0 Å². The number of hydrogen-bond acceptors (Lipinski definition) is 5. The standard InChI is InChI=1S/C13H25NO6/c1-9(11(16)17)19-8-10(6-5-7-15)14-12(18)20-13(2,3)4/h9-10,15H,5-8H2,1-4H3,(H,14,18)(H,16,17)/t9-,10+/m1/s1. The van der Waals surface area contributed by atoms with Crippen LogP contribution >= 0.6 is 0 Å². The first-order valence-electron chi connectivity index (χ1n) is 6.60. The van der Waals surface area contributed by atoms with E-state index >= 15 is 0 Å². The van der Waals surface area contributed by atoms with Gasteiger partial charge in [0.05, 0.1) is 12.6 Å². The number of carboxylic acid groups (broad SMARTS) is 1. The summed E-state index contributed by atoms with van der Waals surface area (Å²) in [4.78, 5) is 22.3. The molecule has 0 unspecified atom stereocenters. The molecule has 0 aliphatic heterocycles.